The van der Waals surface area contributed by atoms with Gasteiger partial charge in [0.25, 0.3) is 0 Å². The van der Waals surface area contributed by atoms with Crippen molar-refractivity contribution in [3.8, 4) is 0 Å². The van der Waals surface area contributed by atoms with Crippen LogP contribution in [0.15, 0.2) is 11.6 Å². The third kappa shape index (κ3) is 0.724. The minimum absolute atomic E-state index is 0.0984. The first-order valence-corrected chi connectivity index (χ1v) is 3.88. The number of aliphatic hydroxyl groups is 1. The molecule has 0 unspecified atom stereocenters. The minimum Gasteiger partial charge on any atom is -0.391 e. The van der Waals surface area contributed by atoms with Gasteiger partial charge in [0.15, 0.2) is 0 Å². The molecule has 0 aromatic rings. The van der Waals surface area contributed by atoms with E-state index in [-0.39, 0.29) is 6.10 Å². The second kappa shape index (κ2) is 2.07. The number of aliphatic hydroxyl groups excluding tert-OH is 1. The molecule has 2 heteroatoms. The molecule has 1 fully saturated rings. The van der Waals surface area contributed by atoms with Crippen LogP contribution in [-0.2, 0) is 0 Å². The lowest BCUT2D eigenvalue weighted by Gasteiger charge is -2.18. The highest BCUT2D eigenvalue weighted by atomic mass is 16.3. The van der Waals surface area contributed by atoms with Crippen LogP contribution in [0.4, 0.5) is 0 Å². The van der Waals surface area contributed by atoms with Crippen LogP contribution in [0.25, 0.3) is 0 Å². The van der Waals surface area contributed by atoms with E-state index in [1.54, 1.807) is 0 Å². The summed E-state index contributed by atoms with van der Waals surface area (Å²) < 4.78 is 0. The zero-order chi connectivity index (χ0) is 7.14. The van der Waals surface area contributed by atoms with Gasteiger partial charge in [-0.1, -0.05) is 11.6 Å². The van der Waals surface area contributed by atoms with Gasteiger partial charge in [-0.25, -0.2) is 0 Å². The Balaban J connectivity index is 2.20. The first-order valence-electron chi connectivity index (χ1n) is 3.88. The molecule has 0 aromatic heterocycles. The van der Waals surface area contributed by atoms with E-state index in [0.717, 1.165) is 19.5 Å². The van der Waals surface area contributed by atoms with Crippen molar-refractivity contribution in [2.75, 3.05) is 13.1 Å². The molecule has 1 N–H and O–H groups in total. The van der Waals surface area contributed by atoms with E-state index < -0.39 is 0 Å². The van der Waals surface area contributed by atoms with E-state index in [2.05, 4.69) is 17.9 Å². The van der Waals surface area contributed by atoms with E-state index in [4.69, 9.17) is 0 Å². The zero-order valence-corrected chi connectivity index (χ0v) is 6.25. The van der Waals surface area contributed by atoms with Crippen molar-refractivity contribution in [2.24, 2.45) is 0 Å². The van der Waals surface area contributed by atoms with Crippen molar-refractivity contribution in [2.45, 2.75) is 25.5 Å². The second-order valence-corrected chi connectivity index (χ2v) is 3.24. The highest BCUT2D eigenvalue weighted by Gasteiger charge is 2.36. The maximum absolute atomic E-state index is 9.49. The fourth-order valence-electron chi connectivity index (χ4n) is 2.02. The van der Waals surface area contributed by atoms with Crippen LogP contribution in [0.3, 0.4) is 0 Å². The predicted octanol–water partition coefficient (Wildman–Crippen LogP) is 0.382. The zero-order valence-electron chi connectivity index (χ0n) is 6.25. The average Bonchev–Trinajstić information content (AvgIpc) is 2.40. The second-order valence-electron chi connectivity index (χ2n) is 3.24. The maximum Gasteiger partial charge on any atom is 0.0745 e. The van der Waals surface area contributed by atoms with Crippen molar-refractivity contribution < 1.29 is 5.11 Å². The standard InChI is InChI=1S/C8H13NO/c1-6-2-4-9-5-3-7(10)8(6)9/h2,7-8,10H,3-5H2,1H3/t7-,8+/m0/s1. The normalized spacial score (nSPS) is 40.0. The fraction of sp³-hybridized carbons (Fsp3) is 0.750. The van der Waals surface area contributed by atoms with Crippen LogP contribution < -0.4 is 0 Å². The Morgan fingerprint density at radius 3 is 3.20 bits per heavy atom. The highest BCUT2D eigenvalue weighted by molar-refractivity contribution is 5.20. The summed E-state index contributed by atoms with van der Waals surface area (Å²) in [7, 11) is 0. The van der Waals surface area contributed by atoms with Crippen LogP contribution in [0.2, 0.25) is 0 Å². The number of hydrogen-bond donors (Lipinski definition) is 1. The molecule has 2 heterocycles. The molecule has 0 amide bonds. The van der Waals surface area contributed by atoms with E-state index >= 15 is 0 Å². The summed E-state index contributed by atoms with van der Waals surface area (Å²) in [4.78, 5) is 2.33. The van der Waals surface area contributed by atoms with E-state index in [1.165, 1.54) is 5.57 Å². The van der Waals surface area contributed by atoms with Gasteiger partial charge >= 0.3 is 0 Å². The Morgan fingerprint density at radius 2 is 2.50 bits per heavy atom. The SMILES string of the molecule is CC1=CCN2CC[C@H](O)[C@@H]12. The molecule has 0 bridgehead atoms. The average molecular weight is 139 g/mol. The maximum atomic E-state index is 9.49. The molecule has 2 rings (SSSR count). The van der Waals surface area contributed by atoms with Gasteiger partial charge in [-0.3, -0.25) is 4.90 Å². The summed E-state index contributed by atoms with van der Waals surface area (Å²) in [6.07, 6.45) is 3.07. The van der Waals surface area contributed by atoms with Crippen molar-refractivity contribution in [1.29, 1.82) is 0 Å². The van der Waals surface area contributed by atoms with Crippen LogP contribution in [0, 0.1) is 0 Å². The third-order valence-corrected chi connectivity index (χ3v) is 2.58. The van der Waals surface area contributed by atoms with Crippen LogP contribution in [-0.4, -0.2) is 35.2 Å². The van der Waals surface area contributed by atoms with Crippen molar-refractivity contribution in [3.63, 3.8) is 0 Å². The minimum atomic E-state index is -0.0984. The van der Waals surface area contributed by atoms with Gasteiger partial charge < -0.3 is 5.11 Å². The van der Waals surface area contributed by atoms with Crippen LogP contribution >= 0.6 is 0 Å². The summed E-state index contributed by atoms with van der Waals surface area (Å²) >= 11 is 0. The van der Waals surface area contributed by atoms with Gasteiger partial charge in [-0.05, 0) is 13.3 Å². The fourth-order valence-corrected chi connectivity index (χ4v) is 2.02. The Kier molecular flexibility index (Phi) is 1.32. The first-order chi connectivity index (χ1) is 4.79. The number of fused-ring (bicyclic) bond motifs is 1. The Hall–Kier alpha value is -0.340. The molecule has 56 valence electrons. The number of rotatable bonds is 0. The smallest absolute Gasteiger partial charge is 0.0745 e. The molecule has 1 saturated heterocycles. The van der Waals surface area contributed by atoms with E-state index in [9.17, 15) is 5.11 Å². The molecule has 2 atom stereocenters. The van der Waals surface area contributed by atoms with Crippen LogP contribution in [0.5, 0.6) is 0 Å². The van der Waals surface area contributed by atoms with Gasteiger partial charge in [0.1, 0.15) is 0 Å². The topological polar surface area (TPSA) is 23.5 Å². The Morgan fingerprint density at radius 1 is 1.70 bits per heavy atom. The molecule has 0 aliphatic carbocycles. The largest absolute Gasteiger partial charge is 0.391 e. The predicted molar refractivity (Wildman–Crippen MR) is 39.7 cm³/mol. The summed E-state index contributed by atoms with van der Waals surface area (Å²) in [6, 6.07) is 0.361. The van der Waals surface area contributed by atoms with Gasteiger partial charge in [0, 0.05) is 13.1 Å². The quantitative estimate of drug-likeness (QED) is 0.490. The molecule has 2 aliphatic heterocycles. The number of nitrogens with zero attached hydrogens (tertiary/aromatic N) is 1. The molecule has 0 radical (unpaired) electrons. The monoisotopic (exact) mass is 139 g/mol. The van der Waals surface area contributed by atoms with Crippen molar-refractivity contribution >= 4 is 0 Å². The highest BCUT2D eigenvalue weighted by Crippen LogP contribution is 2.28. The molecule has 0 aromatic carbocycles. The van der Waals surface area contributed by atoms with Crippen LogP contribution in [0.1, 0.15) is 13.3 Å². The van der Waals surface area contributed by atoms with Gasteiger partial charge in [0.2, 0.25) is 0 Å². The summed E-state index contributed by atoms with van der Waals surface area (Å²) in [5.41, 5.74) is 1.35. The van der Waals surface area contributed by atoms with E-state index in [0.29, 0.717) is 6.04 Å². The van der Waals surface area contributed by atoms with Crippen molar-refractivity contribution in [1.82, 2.24) is 4.90 Å². The molecular formula is C8H13NO. The van der Waals surface area contributed by atoms with Gasteiger partial charge in [-0.15, -0.1) is 0 Å². The molecule has 10 heavy (non-hydrogen) atoms. The molecule has 2 nitrogen and oxygen atoms in total. The van der Waals surface area contributed by atoms with Gasteiger partial charge in [-0.2, -0.15) is 0 Å². The lowest BCUT2D eigenvalue weighted by atomic mass is 10.1. The number of hydrogen-bond acceptors (Lipinski definition) is 2. The summed E-state index contributed by atoms with van der Waals surface area (Å²) in [6.45, 7) is 4.23. The molecule has 2 aliphatic rings. The van der Waals surface area contributed by atoms with Gasteiger partial charge in [0.05, 0.1) is 12.1 Å². The molecule has 0 spiro atoms. The van der Waals surface area contributed by atoms with Crippen molar-refractivity contribution in [3.05, 3.63) is 11.6 Å². The first kappa shape index (κ1) is 6.38. The lowest BCUT2D eigenvalue weighted by molar-refractivity contribution is 0.147. The van der Waals surface area contributed by atoms with E-state index in [1.807, 2.05) is 0 Å². The Bertz CT molecular complexity index is 176. The summed E-state index contributed by atoms with van der Waals surface area (Å²) in [5, 5.41) is 9.49. The molecular weight excluding hydrogens is 126 g/mol. The molecule has 0 saturated carbocycles. The Labute approximate surface area is 61.1 Å². The lowest BCUT2D eigenvalue weighted by Crippen LogP contribution is -2.31. The summed E-state index contributed by atoms with van der Waals surface area (Å²) in [5.74, 6) is 0. The third-order valence-electron chi connectivity index (χ3n) is 2.58.